The number of carbonyl (C=O) groups is 2. The van der Waals surface area contributed by atoms with Crippen molar-refractivity contribution < 1.29 is 14.7 Å². The number of hydrogen-bond acceptors (Lipinski definition) is 3. The van der Waals surface area contributed by atoms with Gasteiger partial charge in [-0.05, 0) is 34.7 Å². The Bertz CT molecular complexity index is 429. The SMILES string of the molecule is Cc1cscc1CNC(=O)N[C@H](C(=O)O)C(C)C. The summed E-state index contributed by atoms with van der Waals surface area (Å²) in [6.45, 7) is 5.88. The summed E-state index contributed by atoms with van der Waals surface area (Å²) in [5, 5.41) is 18.0. The van der Waals surface area contributed by atoms with Crippen molar-refractivity contribution in [1.82, 2.24) is 10.6 Å². The van der Waals surface area contributed by atoms with Gasteiger partial charge in [0.15, 0.2) is 0 Å². The molecule has 0 aromatic carbocycles. The third-order valence-electron chi connectivity index (χ3n) is 2.62. The van der Waals surface area contributed by atoms with Gasteiger partial charge in [0.1, 0.15) is 6.04 Å². The lowest BCUT2D eigenvalue weighted by Crippen LogP contribution is -2.48. The fourth-order valence-corrected chi connectivity index (χ4v) is 2.31. The van der Waals surface area contributed by atoms with Crippen LogP contribution in [-0.4, -0.2) is 23.1 Å². The minimum absolute atomic E-state index is 0.156. The molecule has 1 heterocycles. The third-order valence-corrected chi connectivity index (χ3v) is 3.53. The molecule has 0 aliphatic carbocycles. The second-order valence-electron chi connectivity index (χ2n) is 4.47. The topological polar surface area (TPSA) is 78.4 Å². The van der Waals surface area contributed by atoms with Gasteiger partial charge in [-0.3, -0.25) is 0 Å². The van der Waals surface area contributed by atoms with Crippen LogP contribution < -0.4 is 10.6 Å². The first-order chi connectivity index (χ1) is 8.41. The molecule has 0 unspecified atom stereocenters. The summed E-state index contributed by atoms with van der Waals surface area (Å²) in [4.78, 5) is 22.5. The first-order valence-electron chi connectivity index (χ1n) is 5.70. The van der Waals surface area contributed by atoms with Crippen molar-refractivity contribution in [1.29, 1.82) is 0 Å². The summed E-state index contributed by atoms with van der Waals surface area (Å²) < 4.78 is 0. The Morgan fingerprint density at radius 1 is 1.39 bits per heavy atom. The van der Waals surface area contributed by atoms with Crippen LogP contribution in [0.25, 0.3) is 0 Å². The Hall–Kier alpha value is -1.56. The number of carboxylic acids is 1. The van der Waals surface area contributed by atoms with Gasteiger partial charge in [0.25, 0.3) is 0 Å². The molecule has 1 atom stereocenters. The molecule has 0 fully saturated rings. The Kier molecular flexibility index (Phi) is 5.15. The summed E-state index contributed by atoms with van der Waals surface area (Å²) in [7, 11) is 0. The van der Waals surface area contributed by atoms with Crippen LogP contribution in [0, 0.1) is 12.8 Å². The number of urea groups is 1. The molecule has 0 bridgehead atoms. The molecular weight excluding hydrogens is 252 g/mol. The molecule has 5 nitrogen and oxygen atoms in total. The van der Waals surface area contributed by atoms with Crippen molar-refractivity contribution >= 4 is 23.3 Å². The Morgan fingerprint density at radius 3 is 2.50 bits per heavy atom. The molecule has 18 heavy (non-hydrogen) atoms. The van der Waals surface area contributed by atoms with E-state index in [1.165, 1.54) is 0 Å². The smallest absolute Gasteiger partial charge is 0.326 e. The number of thiophene rings is 1. The normalized spacial score (nSPS) is 12.2. The van der Waals surface area contributed by atoms with E-state index in [9.17, 15) is 9.59 Å². The zero-order valence-electron chi connectivity index (χ0n) is 10.7. The van der Waals surface area contributed by atoms with Gasteiger partial charge >= 0.3 is 12.0 Å². The zero-order chi connectivity index (χ0) is 13.7. The largest absolute Gasteiger partial charge is 0.480 e. The number of hydrogen-bond donors (Lipinski definition) is 3. The summed E-state index contributed by atoms with van der Waals surface area (Å²) in [5.74, 6) is -1.18. The summed E-state index contributed by atoms with van der Waals surface area (Å²) >= 11 is 1.58. The van der Waals surface area contributed by atoms with E-state index in [1.54, 1.807) is 25.2 Å². The van der Waals surface area contributed by atoms with Crippen LogP contribution in [0.2, 0.25) is 0 Å². The number of carbonyl (C=O) groups excluding carboxylic acids is 1. The number of amides is 2. The molecule has 1 aromatic rings. The Morgan fingerprint density at radius 2 is 2.06 bits per heavy atom. The van der Waals surface area contributed by atoms with Crippen molar-refractivity contribution in [3.8, 4) is 0 Å². The molecule has 1 aromatic heterocycles. The van der Waals surface area contributed by atoms with Crippen LogP contribution in [0.4, 0.5) is 4.79 Å². The highest BCUT2D eigenvalue weighted by molar-refractivity contribution is 7.08. The summed E-state index contributed by atoms with van der Waals surface area (Å²) in [6, 6.07) is -1.32. The van der Waals surface area contributed by atoms with E-state index >= 15 is 0 Å². The molecular formula is C12H18N2O3S. The molecule has 0 spiro atoms. The summed E-state index contributed by atoms with van der Waals surface area (Å²) in [6.07, 6.45) is 0. The molecule has 2 amide bonds. The number of carboxylic acid groups (broad SMARTS) is 1. The van der Waals surface area contributed by atoms with Crippen molar-refractivity contribution in [2.75, 3.05) is 0 Å². The fraction of sp³-hybridized carbons (Fsp3) is 0.500. The molecule has 100 valence electrons. The van der Waals surface area contributed by atoms with E-state index in [1.807, 2.05) is 17.7 Å². The van der Waals surface area contributed by atoms with E-state index < -0.39 is 18.0 Å². The highest BCUT2D eigenvalue weighted by Crippen LogP contribution is 2.12. The molecule has 0 saturated heterocycles. The lowest BCUT2D eigenvalue weighted by atomic mass is 10.1. The first kappa shape index (κ1) is 14.5. The Labute approximate surface area is 110 Å². The molecule has 0 saturated carbocycles. The van der Waals surface area contributed by atoms with Gasteiger partial charge in [-0.15, -0.1) is 0 Å². The van der Waals surface area contributed by atoms with Crippen LogP contribution in [0.3, 0.4) is 0 Å². The molecule has 1 rings (SSSR count). The quantitative estimate of drug-likeness (QED) is 0.765. The molecule has 3 N–H and O–H groups in total. The highest BCUT2D eigenvalue weighted by atomic mass is 32.1. The second-order valence-corrected chi connectivity index (χ2v) is 5.21. The second kappa shape index (κ2) is 6.39. The first-order valence-corrected chi connectivity index (χ1v) is 6.65. The highest BCUT2D eigenvalue weighted by Gasteiger charge is 2.23. The van der Waals surface area contributed by atoms with Crippen LogP contribution in [-0.2, 0) is 11.3 Å². The molecule has 0 radical (unpaired) electrons. The van der Waals surface area contributed by atoms with Crippen LogP contribution in [0.15, 0.2) is 10.8 Å². The monoisotopic (exact) mass is 270 g/mol. The maximum absolute atomic E-state index is 11.6. The lowest BCUT2D eigenvalue weighted by Gasteiger charge is -2.18. The van der Waals surface area contributed by atoms with Crippen LogP contribution >= 0.6 is 11.3 Å². The van der Waals surface area contributed by atoms with Crippen molar-refractivity contribution in [2.24, 2.45) is 5.92 Å². The molecule has 0 aliphatic heterocycles. The van der Waals surface area contributed by atoms with Gasteiger partial charge in [-0.2, -0.15) is 11.3 Å². The number of nitrogens with one attached hydrogen (secondary N) is 2. The van der Waals surface area contributed by atoms with Crippen LogP contribution in [0.1, 0.15) is 25.0 Å². The van der Waals surface area contributed by atoms with Gasteiger partial charge in [0.05, 0.1) is 0 Å². The molecule has 6 heteroatoms. The third kappa shape index (κ3) is 4.03. The average Bonchev–Trinajstić information content (AvgIpc) is 2.68. The standard InChI is InChI=1S/C12H18N2O3S/c1-7(2)10(11(15)16)14-12(17)13-4-9-6-18-5-8(9)3/h5-7,10H,4H2,1-3H3,(H,15,16)(H2,13,14,17)/t10-/m0/s1. The van der Waals surface area contributed by atoms with E-state index in [0.29, 0.717) is 6.54 Å². The van der Waals surface area contributed by atoms with Gasteiger partial charge in [-0.1, -0.05) is 13.8 Å². The zero-order valence-corrected chi connectivity index (χ0v) is 11.5. The van der Waals surface area contributed by atoms with Crippen molar-refractivity contribution in [3.05, 3.63) is 21.9 Å². The van der Waals surface area contributed by atoms with Gasteiger partial charge in [0.2, 0.25) is 0 Å². The maximum Gasteiger partial charge on any atom is 0.326 e. The lowest BCUT2D eigenvalue weighted by molar-refractivity contribution is -0.140. The van der Waals surface area contributed by atoms with Gasteiger partial charge < -0.3 is 15.7 Å². The fourth-order valence-electron chi connectivity index (χ4n) is 1.45. The minimum Gasteiger partial charge on any atom is -0.480 e. The maximum atomic E-state index is 11.6. The number of aryl methyl sites for hydroxylation is 1. The number of rotatable bonds is 5. The Balaban J connectivity index is 2.46. The van der Waals surface area contributed by atoms with Gasteiger partial charge in [-0.25, -0.2) is 9.59 Å². The van der Waals surface area contributed by atoms with E-state index in [0.717, 1.165) is 11.1 Å². The number of aliphatic carboxylic acids is 1. The minimum atomic E-state index is -1.02. The van der Waals surface area contributed by atoms with Crippen molar-refractivity contribution in [3.63, 3.8) is 0 Å². The van der Waals surface area contributed by atoms with E-state index in [-0.39, 0.29) is 5.92 Å². The van der Waals surface area contributed by atoms with E-state index in [4.69, 9.17) is 5.11 Å². The van der Waals surface area contributed by atoms with Crippen LogP contribution in [0.5, 0.6) is 0 Å². The van der Waals surface area contributed by atoms with Crippen molar-refractivity contribution in [2.45, 2.75) is 33.4 Å². The molecule has 0 aliphatic rings. The van der Waals surface area contributed by atoms with E-state index in [2.05, 4.69) is 10.6 Å². The van der Waals surface area contributed by atoms with Gasteiger partial charge in [0, 0.05) is 6.54 Å². The predicted octanol–water partition coefficient (Wildman–Crippen LogP) is 1.96. The summed E-state index contributed by atoms with van der Waals surface area (Å²) in [5.41, 5.74) is 2.17. The average molecular weight is 270 g/mol. The predicted molar refractivity (Wildman–Crippen MR) is 70.7 cm³/mol.